The second kappa shape index (κ2) is 15.6. The second-order valence-corrected chi connectivity index (χ2v) is 14.1. The van der Waals surface area contributed by atoms with Gasteiger partial charge in [0.2, 0.25) is 0 Å². The Morgan fingerprint density at radius 3 is 1.65 bits per heavy atom. The number of nitrogens with zero attached hydrogens (tertiary/aromatic N) is 6. The van der Waals surface area contributed by atoms with E-state index in [1.807, 2.05) is 6.07 Å². The van der Waals surface area contributed by atoms with Gasteiger partial charge in [-0.1, -0.05) is 37.3 Å². The topological polar surface area (TPSA) is 185 Å². The van der Waals surface area contributed by atoms with Gasteiger partial charge in [-0.05, 0) is 43.9 Å². The molecule has 8 rings (SSSR count). The predicted octanol–water partition coefficient (Wildman–Crippen LogP) is 8.09. The highest BCUT2D eigenvalue weighted by molar-refractivity contribution is 6.31. The third-order valence-corrected chi connectivity index (χ3v) is 10.1. The lowest BCUT2D eigenvalue weighted by atomic mass is 9.91. The van der Waals surface area contributed by atoms with E-state index in [2.05, 4.69) is 50.5 Å². The number of aromatic nitrogens is 8. The van der Waals surface area contributed by atoms with Crippen molar-refractivity contribution in [3.8, 4) is 22.8 Å². The lowest BCUT2D eigenvalue weighted by molar-refractivity contribution is -0.138. The minimum Gasteiger partial charge on any atom is -0.365 e. The Bertz CT molecular complexity index is 2270. The molecule has 6 aromatic rings. The number of pyridine rings is 2. The number of fused-ring (bicyclic) bond motifs is 2. The highest BCUT2D eigenvalue weighted by Gasteiger charge is 2.38. The highest BCUT2D eigenvalue weighted by Crippen LogP contribution is 2.38. The first-order valence-corrected chi connectivity index (χ1v) is 18.1. The van der Waals surface area contributed by atoms with Gasteiger partial charge in [-0.25, -0.2) is 29.9 Å². The Balaban J connectivity index is 0.000000169. The fraction of sp³-hybridized carbons (Fsp3) is 0.389. The van der Waals surface area contributed by atoms with Crippen LogP contribution in [0.15, 0.2) is 55.4 Å². The molecule has 12 nitrogen and oxygen atoms in total. The summed E-state index contributed by atoms with van der Waals surface area (Å²) in [5.74, 6) is -0.137. The van der Waals surface area contributed by atoms with Gasteiger partial charge in [0.05, 0.1) is 5.02 Å². The van der Waals surface area contributed by atoms with Crippen molar-refractivity contribution in [3.05, 3.63) is 71.5 Å². The Kier molecular flexibility index (Phi) is 10.8. The van der Waals surface area contributed by atoms with E-state index in [1.54, 1.807) is 30.7 Å². The number of rotatable bonds is 6. The number of anilines is 2. The number of hydrogen-bond acceptors (Lipinski definition) is 10. The molecule has 4 atom stereocenters. The molecule has 8 N–H and O–H groups in total. The minimum absolute atomic E-state index is 0.148. The van der Waals surface area contributed by atoms with Crippen molar-refractivity contribution in [1.29, 1.82) is 0 Å². The van der Waals surface area contributed by atoms with Crippen molar-refractivity contribution in [2.45, 2.75) is 87.9 Å². The Morgan fingerprint density at radius 2 is 1.15 bits per heavy atom. The summed E-state index contributed by atoms with van der Waals surface area (Å²) in [6.45, 7) is 0. The molecule has 0 aliphatic heterocycles. The van der Waals surface area contributed by atoms with Gasteiger partial charge in [-0.3, -0.25) is 0 Å². The zero-order valence-electron chi connectivity index (χ0n) is 29.1. The molecule has 290 valence electrons. The Labute approximate surface area is 315 Å². The second-order valence-electron chi connectivity index (χ2n) is 13.7. The van der Waals surface area contributed by atoms with E-state index < -0.39 is 23.5 Å². The van der Waals surface area contributed by atoms with Crippen LogP contribution in [0.25, 0.3) is 44.8 Å². The first-order valence-electron chi connectivity index (χ1n) is 17.7. The molecule has 0 radical (unpaired) electrons. The van der Waals surface area contributed by atoms with Gasteiger partial charge >= 0.3 is 12.4 Å². The molecule has 2 saturated carbocycles. The van der Waals surface area contributed by atoms with Crippen LogP contribution in [0.4, 0.5) is 38.0 Å². The van der Waals surface area contributed by atoms with Gasteiger partial charge < -0.3 is 32.1 Å². The average Bonchev–Trinajstić information content (AvgIpc) is 3.77. The highest BCUT2D eigenvalue weighted by atomic mass is 35.5. The van der Waals surface area contributed by atoms with Crippen LogP contribution < -0.4 is 22.1 Å². The van der Waals surface area contributed by atoms with Crippen LogP contribution >= 0.6 is 11.6 Å². The van der Waals surface area contributed by atoms with Gasteiger partial charge in [0.25, 0.3) is 0 Å². The van der Waals surface area contributed by atoms with Crippen LogP contribution in [0.2, 0.25) is 5.02 Å². The molecule has 6 heterocycles. The smallest absolute Gasteiger partial charge is 0.365 e. The number of nitrogens with one attached hydrogen (secondary N) is 4. The molecule has 2 fully saturated rings. The summed E-state index contributed by atoms with van der Waals surface area (Å²) >= 11 is 6.00. The standard InChI is InChI=1S/C18H18ClF3N6.C18H19F3N6/c19-9-5-10-11(7-25-15(10)24-6-9)16-26-8-12(18(20,21)22)17(28-16)27-14-4-2-1-3-13(14)23;19-18(20,21)12-9-25-16(11-8-24-15-10(11)4-3-7-23-15)27-17(12)26-14-6-2-1-5-13(14)22/h5-8,13-14H,1-4,23H2,(H,24,25)(H,26,27,28);3-4,7-9,13-14H,1-2,5-6,22H2,(H,23,24)(H,25,26,27)/t13-,14?;/m1./s1. The number of hydrogen-bond donors (Lipinski definition) is 6. The molecular weight excluding hydrogens is 750 g/mol. The molecule has 19 heteroatoms. The predicted molar refractivity (Wildman–Crippen MR) is 197 cm³/mol. The van der Waals surface area contributed by atoms with Crippen molar-refractivity contribution in [1.82, 2.24) is 39.9 Å². The molecule has 0 amide bonds. The summed E-state index contributed by atoms with van der Waals surface area (Å²) in [5.41, 5.74) is 12.7. The van der Waals surface area contributed by atoms with Gasteiger partial charge in [0.15, 0.2) is 11.6 Å². The normalized spacial score (nSPS) is 20.6. The third kappa shape index (κ3) is 8.45. The third-order valence-electron chi connectivity index (χ3n) is 9.90. The van der Waals surface area contributed by atoms with E-state index in [0.29, 0.717) is 39.3 Å². The fourth-order valence-corrected chi connectivity index (χ4v) is 7.15. The molecule has 0 aromatic carbocycles. The van der Waals surface area contributed by atoms with Crippen LogP contribution in [0.3, 0.4) is 0 Å². The minimum atomic E-state index is -4.58. The molecule has 3 unspecified atom stereocenters. The lowest BCUT2D eigenvalue weighted by Crippen LogP contribution is -2.43. The average molecular weight is 787 g/mol. The lowest BCUT2D eigenvalue weighted by Gasteiger charge is -2.30. The van der Waals surface area contributed by atoms with Crippen LogP contribution in [0.5, 0.6) is 0 Å². The van der Waals surface area contributed by atoms with Crippen LogP contribution in [-0.4, -0.2) is 64.0 Å². The number of nitrogens with two attached hydrogens (primary N) is 2. The quantitative estimate of drug-likeness (QED) is 0.0902. The summed E-state index contributed by atoms with van der Waals surface area (Å²) in [6.07, 6.45) is 5.64. The Hall–Kier alpha value is -5.07. The van der Waals surface area contributed by atoms with E-state index >= 15 is 0 Å². The molecular formula is C36H37ClF6N12. The summed E-state index contributed by atoms with van der Waals surface area (Å²) in [7, 11) is 0. The SMILES string of the molecule is NC1CCCCC1Nc1nc(-c2c[nH]c3ncccc23)ncc1C(F)(F)F.N[C@@H]1CCCCC1Nc1nc(-c2c[nH]c3ncc(Cl)cc23)ncc1C(F)(F)F. The zero-order chi connectivity index (χ0) is 38.9. The number of aromatic amines is 2. The molecule has 55 heavy (non-hydrogen) atoms. The van der Waals surface area contributed by atoms with Crippen molar-refractivity contribution < 1.29 is 26.3 Å². The van der Waals surface area contributed by atoms with Crippen molar-refractivity contribution >= 4 is 45.3 Å². The molecule has 0 saturated heterocycles. The monoisotopic (exact) mass is 786 g/mol. The van der Waals surface area contributed by atoms with E-state index in [1.165, 1.54) is 6.20 Å². The fourth-order valence-electron chi connectivity index (χ4n) is 6.99. The number of alkyl halides is 6. The first kappa shape index (κ1) is 38.2. The van der Waals surface area contributed by atoms with Crippen LogP contribution in [0.1, 0.15) is 62.5 Å². The van der Waals surface area contributed by atoms with Crippen LogP contribution in [0, 0.1) is 0 Å². The molecule has 0 spiro atoms. The van der Waals surface area contributed by atoms with E-state index in [-0.39, 0.29) is 47.5 Å². The van der Waals surface area contributed by atoms with Gasteiger partial charge in [-0.15, -0.1) is 0 Å². The summed E-state index contributed by atoms with van der Waals surface area (Å²) in [4.78, 5) is 30.6. The number of H-pyrrole nitrogens is 2. The zero-order valence-corrected chi connectivity index (χ0v) is 29.9. The van der Waals surface area contributed by atoms with E-state index in [4.69, 9.17) is 23.1 Å². The number of halogens is 7. The van der Waals surface area contributed by atoms with Crippen LogP contribution in [-0.2, 0) is 12.4 Å². The van der Waals surface area contributed by atoms with Crippen molar-refractivity contribution in [2.75, 3.05) is 10.6 Å². The molecule has 0 bridgehead atoms. The first-order chi connectivity index (χ1) is 26.3. The van der Waals surface area contributed by atoms with E-state index in [9.17, 15) is 26.3 Å². The summed E-state index contributed by atoms with van der Waals surface area (Å²) in [6, 6.07) is 4.31. The van der Waals surface area contributed by atoms with Gasteiger partial charge in [-0.2, -0.15) is 26.3 Å². The maximum absolute atomic E-state index is 13.5. The summed E-state index contributed by atoms with van der Waals surface area (Å²) < 4.78 is 80.9. The Morgan fingerprint density at radius 1 is 0.655 bits per heavy atom. The maximum atomic E-state index is 13.5. The van der Waals surface area contributed by atoms with Crippen molar-refractivity contribution in [2.24, 2.45) is 11.5 Å². The molecule has 2 aliphatic rings. The summed E-state index contributed by atoms with van der Waals surface area (Å²) in [5, 5.41) is 7.64. The maximum Gasteiger partial charge on any atom is 0.421 e. The van der Waals surface area contributed by atoms with Gasteiger partial charge in [0.1, 0.15) is 34.1 Å². The van der Waals surface area contributed by atoms with Crippen molar-refractivity contribution in [3.63, 3.8) is 0 Å². The molecule has 2 aliphatic carbocycles. The van der Waals surface area contributed by atoms with E-state index in [0.717, 1.165) is 62.7 Å². The largest absolute Gasteiger partial charge is 0.421 e. The molecule has 6 aromatic heterocycles. The van der Waals surface area contributed by atoms with Gasteiger partial charge in [0, 0.05) is 83.2 Å².